The molecule has 2 unspecified atom stereocenters. The van der Waals surface area contributed by atoms with Crippen LogP contribution in [0.2, 0.25) is 0 Å². The Morgan fingerprint density at radius 2 is 1.76 bits per heavy atom. The summed E-state index contributed by atoms with van der Waals surface area (Å²) >= 11 is 0. The van der Waals surface area contributed by atoms with Crippen LogP contribution in [0.4, 0.5) is 11.9 Å². The van der Waals surface area contributed by atoms with Crippen LogP contribution in [-0.4, -0.2) is 46.4 Å². The van der Waals surface area contributed by atoms with Crippen LogP contribution in [-0.2, 0) is 4.74 Å². The highest BCUT2D eigenvalue weighted by Crippen LogP contribution is 2.23. The standard InChI is InChI=1S/C14H25N5O2/c1-5-19(6-2)13-16-12(15)17-14(18-13)21-11-7-9(3)20-10(4)8-11/h9-11H,5-8H2,1-4H3,(H2,15,16,17,18). The van der Waals surface area contributed by atoms with E-state index in [2.05, 4.69) is 28.8 Å². The molecule has 2 heterocycles. The van der Waals surface area contributed by atoms with Gasteiger partial charge in [0.2, 0.25) is 11.9 Å². The Kier molecular flexibility index (Phi) is 5.17. The third kappa shape index (κ3) is 4.17. The molecule has 0 radical (unpaired) electrons. The molecule has 0 aromatic carbocycles. The molecule has 2 rings (SSSR count). The fraction of sp³-hybridized carbons (Fsp3) is 0.786. The first kappa shape index (κ1) is 15.8. The number of nitrogen functional groups attached to an aromatic ring is 1. The van der Waals surface area contributed by atoms with Crippen LogP contribution < -0.4 is 15.4 Å². The summed E-state index contributed by atoms with van der Waals surface area (Å²) in [7, 11) is 0. The summed E-state index contributed by atoms with van der Waals surface area (Å²) in [6.07, 6.45) is 2.07. The van der Waals surface area contributed by atoms with E-state index in [-0.39, 0.29) is 24.3 Å². The Hall–Kier alpha value is -1.63. The average Bonchev–Trinajstić information content (AvgIpc) is 2.38. The van der Waals surface area contributed by atoms with E-state index in [0.29, 0.717) is 12.0 Å². The molecule has 7 heteroatoms. The van der Waals surface area contributed by atoms with E-state index in [1.807, 2.05) is 18.7 Å². The van der Waals surface area contributed by atoms with E-state index < -0.39 is 0 Å². The normalized spacial score (nSPS) is 25.6. The van der Waals surface area contributed by atoms with E-state index in [1.165, 1.54) is 0 Å². The van der Waals surface area contributed by atoms with Crippen LogP contribution in [0, 0.1) is 0 Å². The zero-order chi connectivity index (χ0) is 15.4. The minimum absolute atomic E-state index is 0.0510. The first-order chi connectivity index (χ1) is 10.0. The number of aromatic nitrogens is 3. The third-order valence-electron chi connectivity index (χ3n) is 3.59. The number of hydrogen-bond donors (Lipinski definition) is 1. The lowest BCUT2D eigenvalue weighted by atomic mass is 10.0. The highest BCUT2D eigenvalue weighted by atomic mass is 16.5. The van der Waals surface area contributed by atoms with Crippen LogP contribution in [0.3, 0.4) is 0 Å². The molecule has 1 saturated heterocycles. The van der Waals surface area contributed by atoms with E-state index in [4.69, 9.17) is 15.2 Å². The van der Waals surface area contributed by atoms with Crippen molar-refractivity contribution in [2.75, 3.05) is 23.7 Å². The van der Waals surface area contributed by atoms with Crippen molar-refractivity contribution < 1.29 is 9.47 Å². The van der Waals surface area contributed by atoms with Gasteiger partial charge in [-0.15, -0.1) is 0 Å². The van der Waals surface area contributed by atoms with Crippen molar-refractivity contribution in [3.8, 4) is 6.01 Å². The molecule has 0 amide bonds. The molecule has 0 aliphatic carbocycles. The maximum absolute atomic E-state index is 5.91. The Balaban J connectivity index is 2.12. The number of nitrogens with zero attached hydrogens (tertiary/aromatic N) is 4. The van der Waals surface area contributed by atoms with Crippen molar-refractivity contribution in [2.45, 2.75) is 58.8 Å². The first-order valence-corrected chi connectivity index (χ1v) is 7.60. The van der Waals surface area contributed by atoms with Crippen molar-refractivity contribution in [3.63, 3.8) is 0 Å². The Morgan fingerprint density at radius 1 is 1.14 bits per heavy atom. The molecule has 1 aromatic rings. The Labute approximate surface area is 125 Å². The Morgan fingerprint density at radius 3 is 2.33 bits per heavy atom. The van der Waals surface area contributed by atoms with Gasteiger partial charge in [0.25, 0.3) is 0 Å². The largest absolute Gasteiger partial charge is 0.460 e. The summed E-state index contributed by atoms with van der Waals surface area (Å²) in [5, 5.41) is 0. The molecule has 0 saturated carbocycles. The molecule has 1 aliphatic rings. The van der Waals surface area contributed by atoms with Gasteiger partial charge in [0.05, 0.1) is 12.2 Å². The summed E-state index contributed by atoms with van der Waals surface area (Å²) in [6.45, 7) is 9.82. The van der Waals surface area contributed by atoms with E-state index in [9.17, 15) is 0 Å². The summed E-state index contributed by atoms with van der Waals surface area (Å²) < 4.78 is 11.6. The zero-order valence-electron chi connectivity index (χ0n) is 13.2. The smallest absolute Gasteiger partial charge is 0.323 e. The van der Waals surface area contributed by atoms with Crippen molar-refractivity contribution >= 4 is 11.9 Å². The van der Waals surface area contributed by atoms with Gasteiger partial charge in [0.15, 0.2) is 0 Å². The van der Waals surface area contributed by atoms with Gasteiger partial charge in [-0.1, -0.05) is 0 Å². The fourth-order valence-electron chi connectivity index (χ4n) is 2.65. The summed E-state index contributed by atoms with van der Waals surface area (Å²) in [4.78, 5) is 14.7. The van der Waals surface area contributed by atoms with Gasteiger partial charge in [-0.25, -0.2) is 0 Å². The molecule has 7 nitrogen and oxygen atoms in total. The van der Waals surface area contributed by atoms with Gasteiger partial charge in [-0.2, -0.15) is 15.0 Å². The lowest BCUT2D eigenvalue weighted by molar-refractivity contribution is -0.0738. The molecule has 0 spiro atoms. The molecule has 1 fully saturated rings. The SMILES string of the molecule is CCN(CC)c1nc(N)nc(OC2CC(C)OC(C)C2)n1. The van der Waals surface area contributed by atoms with Gasteiger partial charge in [0.1, 0.15) is 6.10 Å². The molecule has 2 N–H and O–H groups in total. The van der Waals surface area contributed by atoms with E-state index in [0.717, 1.165) is 25.9 Å². The second kappa shape index (κ2) is 6.89. The van der Waals surface area contributed by atoms with Crippen LogP contribution in [0.1, 0.15) is 40.5 Å². The molecular weight excluding hydrogens is 270 g/mol. The predicted molar refractivity (Wildman–Crippen MR) is 81.5 cm³/mol. The molecule has 21 heavy (non-hydrogen) atoms. The van der Waals surface area contributed by atoms with Crippen LogP contribution >= 0.6 is 0 Å². The zero-order valence-corrected chi connectivity index (χ0v) is 13.2. The first-order valence-electron chi connectivity index (χ1n) is 7.60. The predicted octanol–water partition coefficient (Wildman–Crippen LogP) is 1.63. The fourth-order valence-corrected chi connectivity index (χ4v) is 2.65. The van der Waals surface area contributed by atoms with Gasteiger partial charge in [0, 0.05) is 25.9 Å². The maximum Gasteiger partial charge on any atom is 0.323 e. The van der Waals surface area contributed by atoms with Crippen molar-refractivity contribution in [1.82, 2.24) is 15.0 Å². The third-order valence-corrected chi connectivity index (χ3v) is 3.59. The maximum atomic E-state index is 5.91. The van der Waals surface area contributed by atoms with Gasteiger partial charge >= 0.3 is 6.01 Å². The highest BCUT2D eigenvalue weighted by Gasteiger charge is 2.27. The minimum Gasteiger partial charge on any atom is -0.460 e. The average molecular weight is 295 g/mol. The number of rotatable bonds is 5. The second-order valence-electron chi connectivity index (χ2n) is 5.42. The van der Waals surface area contributed by atoms with Crippen molar-refractivity contribution in [1.29, 1.82) is 0 Å². The van der Waals surface area contributed by atoms with Crippen LogP contribution in [0.25, 0.3) is 0 Å². The minimum atomic E-state index is 0.0510. The van der Waals surface area contributed by atoms with Crippen molar-refractivity contribution in [2.24, 2.45) is 0 Å². The molecule has 0 bridgehead atoms. The monoisotopic (exact) mass is 295 g/mol. The van der Waals surface area contributed by atoms with Crippen molar-refractivity contribution in [3.05, 3.63) is 0 Å². The molecule has 118 valence electrons. The second-order valence-corrected chi connectivity index (χ2v) is 5.42. The summed E-state index contributed by atoms with van der Waals surface area (Å²) in [5.41, 5.74) is 5.77. The quantitative estimate of drug-likeness (QED) is 0.883. The highest BCUT2D eigenvalue weighted by molar-refractivity contribution is 5.35. The molecular formula is C14H25N5O2. The summed E-state index contributed by atoms with van der Waals surface area (Å²) in [5.74, 6) is 0.755. The lowest BCUT2D eigenvalue weighted by Gasteiger charge is -2.31. The Bertz CT molecular complexity index is 457. The van der Waals surface area contributed by atoms with Gasteiger partial charge in [-0.3, -0.25) is 0 Å². The topological polar surface area (TPSA) is 86.4 Å². The van der Waals surface area contributed by atoms with E-state index >= 15 is 0 Å². The molecule has 1 aromatic heterocycles. The van der Waals surface area contributed by atoms with Gasteiger partial charge < -0.3 is 20.1 Å². The van der Waals surface area contributed by atoms with E-state index in [1.54, 1.807) is 0 Å². The van der Waals surface area contributed by atoms with Crippen LogP contribution in [0.5, 0.6) is 6.01 Å². The summed E-state index contributed by atoms with van der Waals surface area (Å²) in [6, 6.07) is 0.302. The number of ether oxygens (including phenoxy) is 2. The molecule has 2 atom stereocenters. The van der Waals surface area contributed by atoms with Gasteiger partial charge in [-0.05, 0) is 27.7 Å². The number of anilines is 2. The lowest BCUT2D eigenvalue weighted by Crippen LogP contribution is -2.36. The van der Waals surface area contributed by atoms with Crippen LogP contribution in [0.15, 0.2) is 0 Å². The molecule has 1 aliphatic heterocycles. The number of nitrogens with two attached hydrogens (primary N) is 1. The number of hydrogen-bond acceptors (Lipinski definition) is 7.